The minimum Gasteiger partial charge on any atom is -0.308 e. The summed E-state index contributed by atoms with van der Waals surface area (Å²) in [7, 11) is 0. The highest BCUT2D eigenvalue weighted by Gasteiger charge is 2.22. The van der Waals surface area contributed by atoms with Crippen LogP contribution >= 0.6 is 31.9 Å². The zero-order valence-electron chi connectivity index (χ0n) is 17.9. The molecule has 29 heavy (non-hydrogen) atoms. The van der Waals surface area contributed by atoms with Gasteiger partial charge in [0.05, 0.1) is 11.0 Å². The zero-order valence-corrected chi connectivity index (χ0v) is 21.1. The standard InChI is InChI=1S/C26H27Br2N/c1-25(2,3)16-7-12-23-20(13-16)21-14-17(26(4,5)6)15-22(28)24(21)29(23)19-10-8-18(27)9-11-19/h7-15H,1-6H3. The van der Waals surface area contributed by atoms with Crippen molar-refractivity contribution in [1.29, 1.82) is 0 Å². The smallest absolute Gasteiger partial charge is 0.0683 e. The van der Waals surface area contributed by atoms with Gasteiger partial charge in [0.2, 0.25) is 0 Å². The van der Waals surface area contributed by atoms with Crippen molar-refractivity contribution in [3.05, 3.63) is 74.7 Å². The van der Waals surface area contributed by atoms with Gasteiger partial charge in [-0.25, -0.2) is 0 Å². The van der Waals surface area contributed by atoms with Crippen molar-refractivity contribution in [2.24, 2.45) is 0 Å². The summed E-state index contributed by atoms with van der Waals surface area (Å²) in [6.45, 7) is 13.6. The summed E-state index contributed by atoms with van der Waals surface area (Å²) in [5.41, 5.74) is 6.53. The Morgan fingerprint density at radius 2 is 1.24 bits per heavy atom. The molecule has 0 bridgehead atoms. The Morgan fingerprint density at radius 3 is 1.83 bits per heavy atom. The highest BCUT2D eigenvalue weighted by molar-refractivity contribution is 9.11. The Morgan fingerprint density at radius 1 is 0.655 bits per heavy atom. The van der Waals surface area contributed by atoms with Gasteiger partial charge in [-0.3, -0.25) is 0 Å². The van der Waals surface area contributed by atoms with E-state index in [2.05, 4.69) is 133 Å². The van der Waals surface area contributed by atoms with Crippen molar-refractivity contribution in [2.75, 3.05) is 0 Å². The minimum atomic E-state index is 0.0877. The van der Waals surface area contributed by atoms with E-state index < -0.39 is 0 Å². The molecule has 0 amide bonds. The van der Waals surface area contributed by atoms with E-state index in [0.717, 1.165) is 8.95 Å². The van der Waals surface area contributed by atoms with Crippen LogP contribution in [-0.2, 0) is 10.8 Å². The van der Waals surface area contributed by atoms with Crippen molar-refractivity contribution in [2.45, 2.75) is 52.4 Å². The summed E-state index contributed by atoms with van der Waals surface area (Å²) in [6, 6.07) is 20.1. The van der Waals surface area contributed by atoms with Crippen LogP contribution in [0, 0.1) is 0 Å². The lowest BCUT2D eigenvalue weighted by Crippen LogP contribution is -2.11. The molecule has 1 aromatic heterocycles. The van der Waals surface area contributed by atoms with Gasteiger partial charge in [-0.2, -0.15) is 0 Å². The van der Waals surface area contributed by atoms with E-state index in [-0.39, 0.29) is 10.8 Å². The monoisotopic (exact) mass is 511 g/mol. The van der Waals surface area contributed by atoms with Gasteiger partial charge in [0, 0.05) is 25.4 Å². The first-order valence-corrected chi connectivity index (χ1v) is 11.6. The van der Waals surface area contributed by atoms with Crippen molar-refractivity contribution in [3.63, 3.8) is 0 Å². The molecule has 1 nitrogen and oxygen atoms in total. The summed E-state index contributed by atoms with van der Waals surface area (Å²) in [6.07, 6.45) is 0. The van der Waals surface area contributed by atoms with Crippen LogP contribution in [0.5, 0.6) is 0 Å². The lowest BCUT2D eigenvalue weighted by molar-refractivity contribution is 0.590. The number of aromatic nitrogens is 1. The summed E-state index contributed by atoms with van der Waals surface area (Å²) >= 11 is 7.48. The highest BCUT2D eigenvalue weighted by Crippen LogP contribution is 2.41. The highest BCUT2D eigenvalue weighted by atomic mass is 79.9. The molecule has 0 aliphatic rings. The Balaban J connectivity index is 2.17. The molecule has 0 N–H and O–H groups in total. The van der Waals surface area contributed by atoms with Gasteiger partial charge in [0.25, 0.3) is 0 Å². The lowest BCUT2D eigenvalue weighted by Gasteiger charge is -2.20. The van der Waals surface area contributed by atoms with E-state index in [1.54, 1.807) is 0 Å². The number of fused-ring (bicyclic) bond motifs is 3. The topological polar surface area (TPSA) is 4.93 Å². The second kappa shape index (κ2) is 6.99. The predicted molar refractivity (Wildman–Crippen MR) is 134 cm³/mol. The van der Waals surface area contributed by atoms with Crippen LogP contribution in [0.15, 0.2) is 63.5 Å². The molecule has 0 aliphatic heterocycles. The first-order chi connectivity index (χ1) is 13.5. The van der Waals surface area contributed by atoms with Gasteiger partial charge >= 0.3 is 0 Å². The molecular weight excluding hydrogens is 486 g/mol. The average Bonchev–Trinajstić information content (AvgIpc) is 2.95. The Bertz CT molecular complexity index is 1220. The normalized spacial score (nSPS) is 12.8. The molecule has 0 atom stereocenters. The fourth-order valence-electron chi connectivity index (χ4n) is 3.86. The quantitative estimate of drug-likeness (QED) is 0.240. The molecule has 0 aliphatic carbocycles. The molecule has 0 spiro atoms. The van der Waals surface area contributed by atoms with E-state index in [4.69, 9.17) is 0 Å². The molecule has 0 unspecified atom stereocenters. The maximum atomic E-state index is 3.91. The van der Waals surface area contributed by atoms with Gasteiger partial charge < -0.3 is 4.57 Å². The molecule has 3 heteroatoms. The average molecular weight is 513 g/mol. The van der Waals surface area contributed by atoms with Gasteiger partial charge in [-0.1, -0.05) is 63.5 Å². The number of hydrogen-bond acceptors (Lipinski definition) is 0. The second-order valence-electron chi connectivity index (χ2n) is 9.90. The Hall–Kier alpha value is -1.58. The van der Waals surface area contributed by atoms with Crippen molar-refractivity contribution >= 4 is 53.7 Å². The third-order valence-corrected chi connectivity index (χ3v) is 6.76. The molecule has 0 radical (unpaired) electrons. The van der Waals surface area contributed by atoms with Crippen molar-refractivity contribution < 1.29 is 0 Å². The van der Waals surface area contributed by atoms with Gasteiger partial charge in [-0.05, 0) is 86.4 Å². The maximum absolute atomic E-state index is 3.91. The van der Waals surface area contributed by atoms with Gasteiger partial charge in [0.1, 0.15) is 0 Å². The molecule has 0 fully saturated rings. The predicted octanol–water partition coefficient (Wildman–Crippen LogP) is 8.90. The molecule has 4 rings (SSSR count). The molecule has 150 valence electrons. The summed E-state index contributed by atoms with van der Waals surface area (Å²) in [5, 5.41) is 2.61. The summed E-state index contributed by atoms with van der Waals surface area (Å²) < 4.78 is 4.60. The van der Waals surface area contributed by atoms with Crippen LogP contribution in [0.2, 0.25) is 0 Å². The number of rotatable bonds is 1. The molecule has 3 aromatic carbocycles. The summed E-state index contributed by atoms with van der Waals surface area (Å²) in [4.78, 5) is 0. The van der Waals surface area contributed by atoms with Crippen molar-refractivity contribution in [3.8, 4) is 5.69 Å². The third-order valence-electron chi connectivity index (χ3n) is 5.63. The number of nitrogens with zero attached hydrogens (tertiary/aromatic N) is 1. The largest absolute Gasteiger partial charge is 0.308 e. The molecule has 1 heterocycles. The van der Waals surface area contributed by atoms with Gasteiger partial charge in [-0.15, -0.1) is 0 Å². The first-order valence-electron chi connectivity index (χ1n) is 10.0. The first kappa shape index (κ1) is 20.7. The number of benzene rings is 3. The second-order valence-corrected chi connectivity index (χ2v) is 11.7. The van der Waals surface area contributed by atoms with E-state index >= 15 is 0 Å². The van der Waals surface area contributed by atoms with Gasteiger partial charge in [0.15, 0.2) is 0 Å². The molecule has 0 saturated heterocycles. The van der Waals surface area contributed by atoms with E-state index in [0.29, 0.717) is 0 Å². The Kier molecular flexibility index (Phi) is 4.99. The third kappa shape index (κ3) is 3.68. The van der Waals surface area contributed by atoms with Crippen LogP contribution in [0.4, 0.5) is 0 Å². The maximum Gasteiger partial charge on any atom is 0.0683 e. The fourth-order valence-corrected chi connectivity index (χ4v) is 4.76. The molecule has 4 aromatic rings. The number of halogens is 2. The Labute approximate surface area is 190 Å². The molecule has 0 saturated carbocycles. The van der Waals surface area contributed by atoms with Crippen molar-refractivity contribution in [1.82, 2.24) is 4.57 Å². The summed E-state index contributed by atoms with van der Waals surface area (Å²) in [5.74, 6) is 0. The van der Waals surface area contributed by atoms with E-state index in [9.17, 15) is 0 Å². The van der Waals surface area contributed by atoms with Crippen LogP contribution in [0.25, 0.3) is 27.5 Å². The van der Waals surface area contributed by atoms with E-state index in [1.165, 1.54) is 38.6 Å². The van der Waals surface area contributed by atoms with Crippen LogP contribution in [0.1, 0.15) is 52.7 Å². The van der Waals surface area contributed by atoms with Crippen LogP contribution in [-0.4, -0.2) is 4.57 Å². The fraction of sp³-hybridized carbons (Fsp3) is 0.308. The number of hydrogen-bond donors (Lipinski definition) is 0. The van der Waals surface area contributed by atoms with Crippen LogP contribution in [0.3, 0.4) is 0 Å². The van der Waals surface area contributed by atoms with Crippen LogP contribution < -0.4 is 0 Å². The molecular formula is C26H27Br2N. The lowest BCUT2D eigenvalue weighted by atomic mass is 9.85. The minimum absolute atomic E-state index is 0.0877. The SMILES string of the molecule is CC(C)(C)c1ccc2c(c1)c1cc(C(C)(C)C)cc(Br)c1n2-c1ccc(Br)cc1. The van der Waals surface area contributed by atoms with E-state index in [1.807, 2.05) is 0 Å². The zero-order chi connectivity index (χ0) is 21.1.